The summed E-state index contributed by atoms with van der Waals surface area (Å²) in [6.45, 7) is 4.06. The van der Waals surface area contributed by atoms with Crippen LogP contribution in [0.5, 0.6) is 0 Å². The molecule has 0 atom stereocenters. The molecule has 0 saturated carbocycles. The van der Waals surface area contributed by atoms with E-state index >= 15 is 0 Å². The number of carbonyl (C=O) groups excluding carboxylic acids is 1. The van der Waals surface area contributed by atoms with Gasteiger partial charge >= 0.3 is 0 Å². The minimum atomic E-state index is -0.0836. The fourth-order valence-corrected chi connectivity index (χ4v) is 4.04. The van der Waals surface area contributed by atoms with Crippen LogP contribution in [0.2, 0.25) is 5.02 Å². The molecule has 0 bridgehead atoms. The number of rotatable bonds is 3. The molecule has 3 aromatic rings. The van der Waals surface area contributed by atoms with E-state index in [4.69, 9.17) is 16.6 Å². The van der Waals surface area contributed by atoms with Crippen molar-refractivity contribution >= 4 is 51.9 Å². The van der Waals surface area contributed by atoms with Crippen LogP contribution in [-0.4, -0.2) is 11.1 Å². The van der Waals surface area contributed by atoms with Gasteiger partial charge in [0.1, 0.15) is 0 Å². The summed E-state index contributed by atoms with van der Waals surface area (Å²) in [7, 11) is 0. The van der Waals surface area contributed by atoms with Crippen molar-refractivity contribution in [1.82, 2.24) is 0 Å². The summed E-state index contributed by atoms with van der Waals surface area (Å²) >= 11 is 7.36. The Hall–Kier alpha value is -2.82. The molecule has 0 unspecified atom stereocenters. The first kappa shape index (κ1) is 19.5. The Morgan fingerprint density at radius 1 is 0.862 bits per heavy atom. The lowest BCUT2D eigenvalue weighted by molar-refractivity contribution is -0.113. The van der Waals surface area contributed by atoms with E-state index in [1.165, 1.54) is 17.3 Å². The average Bonchev–Trinajstić information content (AvgIpc) is 3.01. The van der Waals surface area contributed by atoms with Crippen molar-refractivity contribution in [3.63, 3.8) is 0 Å². The minimum Gasteiger partial charge on any atom is -0.268 e. The Labute approximate surface area is 179 Å². The van der Waals surface area contributed by atoms with Gasteiger partial charge in [0, 0.05) is 5.02 Å². The Bertz CT molecular complexity index is 1100. The van der Waals surface area contributed by atoms with Gasteiger partial charge in [-0.25, -0.2) is 4.99 Å². The topological polar surface area (TPSA) is 32.7 Å². The molecule has 0 aromatic heterocycles. The van der Waals surface area contributed by atoms with Gasteiger partial charge in [0.15, 0.2) is 5.17 Å². The quantitative estimate of drug-likeness (QED) is 0.440. The van der Waals surface area contributed by atoms with E-state index in [-0.39, 0.29) is 5.91 Å². The highest BCUT2D eigenvalue weighted by atomic mass is 35.5. The first-order chi connectivity index (χ1) is 14.0. The Morgan fingerprint density at radius 3 is 2.07 bits per heavy atom. The van der Waals surface area contributed by atoms with Gasteiger partial charge < -0.3 is 0 Å². The second kappa shape index (κ2) is 8.27. The number of halogens is 1. The molecule has 144 valence electrons. The molecular formula is C24H19ClN2OS. The van der Waals surface area contributed by atoms with E-state index in [9.17, 15) is 4.79 Å². The molecule has 29 heavy (non-hydrogen) atoms. The number of aliphatic imine (C=N–C) groups is 1. The van der Waals surface area contributed by atoms with Crippen molar-refractivity contribution in [1.29, 1.82) is 0 Å². The lowest BCUT2D eigenvalue weighted by Gasteiger charge is -2.16. The van der Waals surface area contributed by atoms with Crippen LogP contribution in [0.3, 0.4) is 0 Å². The molecule has 1 heterocycles. The number of hydrogen-bond acceptors (Lipinski definition) is 3. The van der Waals surface area contributed by atoms with Gasteiger partial charge in [-0.1, -0.05) is 59.1 Å². The predicted molar refractivity (Wildman–Crippen MR) is 124 cm³/mol. The first-order valence-electron chi connectivity index (χ1n) is 9.21. The van der Waals surface area contributed by atoms with Gasteiger partial charge in [-0.05, 0) is 73.6 Å². The number of aryl methyl sites for hydroxylation is 2. The fraction of sp³-hybridized carbons (Fsp3) is 0.0833. The van der Waals surface area contributed by atoms with Crippen molar-refractivity contribution in [3.05, 3.63) is 99.4 Å². The van der Waals surface area contributed by atoms with Gasteiger partial charge in [0.2, 0.25) is 0 Å². The molecule has 0 radical (unpaired) electrons. The van der Waals surface area contributed by atoms with Crippen molar-refractivity contribution in [2.24, 2.45) is 4.99 Å². The Morgan fingerprint density at radius 2 is 1.45 bits per heavy atom. The predicted octanol–water partition coefficient (Wildman–Crippen LogP) is 6.77. The van der Waals surface area contributed by atoms with E-state index in [0.29, 0.717) is 15.1 Å². The smallest absolute Gasteiger partial charge is 0.268 e. The monoisotopic (exact) mass is 418 g/mol. The maximum atomic E-state index is 13.2. The SMILES string of the molecule is Cc1ccc(N=C2S/C(=C\c3ccc(Cl)cc3)C(=O)N2c2ccc(C)cc2)cc1. The number of carbonyl (C=O) groups is 1. The molecular weight excluding hydrogens is 400 g/mol. The highest BCUT2D eigenvalue weighted by molar-refractivity contribution is 8.19. The largest absolute Gasteiger partial charge is 0.271 e. The highest BCUT2D eigenvalue weighted by Gasteiger charge is 2.34. The van der Waals surface area contributed by atoms with E-state index in [1.54, 1.807) is 4.90 Å². The van der Waals surface area contributed by atoms with Crippen LogP contribution < -0.4 is 4.90 Å². The molecule has 1 aliphatic rings. The van der Waals surface area contributed by atoms with E-state index in [0.717, 1.165) is 22.5 Å². The maximum absolute atomic E-state index is 13.2. The van der Waals surface area contributed by atoms with Crippen LogP contribution in [0.15, 0.2) is 82.7 Å². The molecule has 4 rings (SSSR count). The first-order valence-corrected chi connectivity index (χ1v) is 10.4. The second-order valence-electron chi connectivity index (χ2n) is 6.87. The van der Waals surface area contributed by atoms with Crippen molar-refractivity contribution in [3.8, 4) is 0 Å². The van der Waals surface area contributed by atoms with E-state index < -0.39 is 0 Å². The molecule has 5 heteroatoms. The van der Waals surface area contributed by atoms with E-state index in [1.807, 2.05) is 92.7 Å². The molecule has 1 saturated heterocycles. The summed E-state index contributed by atoms with van der Waals surface area (Å²) in [6.07, 6.45) is 1.88. The van der Waals surface area contributed by atoms with Crippen LogP contribution in [0.4, 0.5) is 11.4 Å². The molecule has 1 aliphatic heterocycles. The van der Waals surface area contributed by atoms with Crippen molar-refractivity contribution in [2.45, 2.75) is 13.8 Å². The summed E-state index contributed by atoms with van der Waals surface area (Å²) in [6, 6.07) is 23.3. The number of anilines is 1. The summed E-state index contributed by atoms with van der Waals surface area (Å²) in [4.78, 5) is 20.3. The van der Waals surface area contributed by atoms with Crippen LogP contribution >= 0.6 is 23.4 Å². The number of amides is 1. The van der Waals surface area contributed by atoms with Gasteiger partial charge in [-0.2, -0.15) is 0 Å². The van der Waals surface area contributed by atoms with Crippen LogP contribution in [-0.2, 0) is 4.79 Å². The van der Waals surface area contributed by atoms with Crippen molar-refractivity contribution < 1.29 is 4.79 Å². The zero-order valence-electron chi connectivity index (χ0n) is 16.1. The number of thioether (sulfide) groups is 1. The normalized spacial score (nSPS) is 16.8. The number of hydrogen-bond donors (Lipinski definition) is 0. The zero-order valence-corrected chi connectivity index (χ0v) is 17.7. The summed E-state index contributed by atoms with van der Waals surface area (Å²) in [5.74, 6) is -0.0836. The minimum absolute atomic E-state index is 0.0836. The summed E-state index contributed by atoms with van der Waals surface area (Å²) in [5, 5.41) is 1.31. The third kappa shape index (κ3) is 4.44. The summed E-state index contributed by atoms with van der Waals surface area (Å²) in [5.41, 5.74) is 4.85. The second-order valence-corrected chi connectivity index (χ2v) is 8.31. The van der Waals surface area contributed by atoms with Crippen molar-refractivity contribution in [2.75, 3.05) is 4.90 Å². The molecule has 0 spiro atoms. The van der Waals surface area contributed by atoms with Gasteiger partial charge in [-0.3, -0.25) is 9.69 Å². The van der Waals surface area contributed by atoms with Crippen LogP contribution in [0, 0.1) is 13.8 Å². The molecule has 1 fully saturated rings. The lowest BCUT2D eigenvalue weighted by Crippen LogP contribution is -2.28. The Kier molecular flexibility index (Phi) is 5.56. The standard InChI is InChI=1S/C24H19ClN2OS/c1-16-3-11-20(12-4-16)26-24-27(21-13-5-17(2)6-14-21)23(28)22(29-24)15-18-7-9-19(25)10-8-18/h3-15H,1-2H3/b22-15-,26-24?. The number of benzene rings is 3. The molecule has 0 aliphatic carbocycles. The van der Waals surface area contributed by atoms with Gasteiger partial charge in [0.05, 0.1) is 16.3 Å². The van der Waals surface area contributed by atoms with E-state index in [2.05, 4.69) is 0 Å². The third-order valence-electron chi connectivity index (χ3n) is 4.53. The zero-order chi connectivity index (χ0) is 20.4. The maximum Gasteiger partial charge on any atom is 0.271 e. The van der Waals surface area contributed by atoms with Crippen LogP contribution in [0.1, 0.15) is 16.7 Å². The molecule has 3 aromatic carbocycles. The summed E-state index contributed by atoms with van der Waals surface area (Å²) < 4.78 is 0. The lowest BCUT2D eigenvalue weighted by atomic mass is 10.2. The average molecular weight is 419 g/mol. The fourth-order valence-electron chi connectivity index (χ4n) is 2.91. The molecule has 0 N–H and O–H groups in total. The third-order valence-corrected chi connectivity index (χ3v) is 5.75. The molecule has 1 amide bonds. The molecule has 3 nitrogen and oxygen atoms in total. The van der Waals surface area contributed by atoms with Gasteiger partial charge in [-0.15, -0.1) is 0 Å². The highest BCUT2D eigenvalue weighted by Crippen LogP contribution is 2.37. The van der Waals surface area contributed by atoms with Gasteiger partial charge in [0.25, 0.3) is 5.91 Å². The Balaban J connectivity index is 1.76. The van der Waals surface area contributed by atoms with Crippen LogP contribution in [0.25, 0.3) is 6.08 Å². The number of amidine groups is 1. The number of nitrogens with zero attached hydrogens (tertiary/aromatic N) is 2.